The van der Waals surface area contributed by atoms with Gasteiger partial charge in [-0.15, -0.1) is 0 Å². The maximum atomic E-state index is 9.26. The van der Waals surface area contributed by atoms with E-state index in [2.05, 4.69) is 20.7 Å². The minimum Gasteiger partial charge on any atom is -0.396 e. The fourth-order valence-corrected chi connectivity index (χ4v) is 2.84. The van der Waals surface area contributed by atoms with E-state index in [4.69, 9.17) is 5.84 Å². The minimum absolute atomic E-state index is 0.271. The number of nitrogens with two attached hydrogens (primary N) is 1. The Balaban J connectivity index is 2.05. The minimum atomic E-state index is 0.271. The third-order valence-electron chi connectivity index (χ3n) is 3.43. The van der Waals surface area contributed by atoms with Gasteiger partial charge in [0, 0.05) is 18.7 Å². The Labute approximate surface area is 117 Å². The predicted molar refractivity (Wildman–Crippen MR) is 78.1 cm³/mol. The normalized spacial score (nSPS) is 23.1. The summed E-state index contributed by atoms with van der Waals surface area (Å²) < 4.78 is 0. The molecule has 0 saturated heterocycles. The van der Waals surface area contributed by atoms with E-state index in [1.54, 1.807) is 0 Å². The standard InChI is InChI=1S/C12H21N5OS/c1-19-12-15-10(6-11(16-12)17-13)14-9-4-2-3-8(5-9)7-18/h6,8-9,18H,2-5,7,13H2,1H3,(H2,14,15,16,17). The summed E-state index contributed by atoms with van der Waals surface area (Å²) in [6.45, 7) is 0.271. The molecule has 2 unspecified atom stereocenters. The molecule has 1 aliphatic carbocycles. The molecule has 6 nitrogen and oxygen atoms in total. The van der Waals surface area contributed by atoms with E-state index in [-0.39, 0.29) is 6.61 Å². The third-order valence-corrected chi connectivity index (χ3v) is 3.98. The number of aromatic nitrogens is 2. The third kappa shape index (κ3) is 3.95. The van der Waals surface area contributed by atoms with Crippen molar-refractivity contribution >= 4 is 23.4 Å². The smallest absolute Gasteiger partial charge is 0.191 e. The summed E-state index contributed by atoms with van der Waals surface area (Å²) >= 11 is 1.48. The number of aliphatic hydroxyl groups excluding tert-OH is 1. The van der Waals surface area contributed by atoms with E-state index in [9.17, 15) is 5.11 Å². The quantitative estimate of drug-likeness (QED) is 0.281. The van der Waals surface area contributed by atoms with Crippen LogP contribution in [0.25, 0.3) is 0 Å². The van der Waals surface area contributed by atoms with Gasteiger partial charge in [-0.05, 0) is 31.4 Å². The molecule has 1 aromatic heterocycles. The summed E-state index contributed by atoms with van der Waals surface area (Å²) in [6.07, 6.45) is 6.29. The highest BCUT2D eigenvalue weighted by molar-refractivity contribution is 7.98. The van der Waals surface area contributed by atoms with E-state index in [0.717, 1.165) is 31.5 Å². The Kier molecular flexibility index (Phi) is 5.24. The number of hydrazine groups is 1. The second-order valence-electron chi connectivity index (χ2n) is 4.83. The van der Waals surface area contributed by atoms with Crippen LogP contribution in [-0.2, 0) is 0 Å². The lowest BCUT2D eigenvalue weighted by molar-refractivity contribution is 0.184. The van der Waals surface area contributed by atoms with E-state index >= 15 is 0 Å². The van der Waals surface area contributed by atoms with E-state index in [1.807, 2.05) is 12.3 Å². The fraction of sp³-hybridized carbons (Fsp3) is 0.667. The number of aliphatic hydroxyl groups is 1. The van der Waals surface area contributed by atoms with Crippen LogP contribution < -0.4 is 16.6 Å². The molecule has 0 aromatic carbocycles. The molecule has 5 N–H and O–H groups in total. The van der Waals surface area contributed by atoms with Gasteiger partial charge in [-0.3, -0.25) is 0 Å². The van der Waals surface area contributed by atoms with Crippen LogP contribution in [0.2, 0.25) is 0 Å². The van der Waals surface area contributed by atoms with Gasteiger partial charge in [0.2, 0.25) is 0 Å². The van der Waals surface area contributed by atoms with Crippen LogP contribution in [0.1, 0.15) is 25.7 Å². The van der Waals surface area contributed by atoms with Crippen molar-refractivity contribution in [3.63, 3.8) is 0 Å². The van der Waals surface area contributed by atoms with Gasteiger partial charge in [0.25, 0.3) is 0 Å². The molecule has 19 heavy (non-hydrogen) atoms. The van der Waals surface area contributed by atoms with Gasteiger partial charge < -0.3 is 15.8 Å². The van der Waals surface area contributed by atoms with Gasteiger partial charge in [0.15, 0.2) is 5.16 Å². The Morgan fingerprint density at radius 1 is 1.42 bits per heavy atom. The second-order valence-corrected chi connectivity index (χ2v) is 5.60. The van der Waals surface area contributed by atoms with Crippen molar-refractivity contribution in [3.05, 3.63) is 6.07 Å². The maximum Gasteiger partial charge on any atom is 0.191 e. The number of nitrogens with zero attached hydrogens (tertiary/aromatic N) is 2. The largest absolute Gasteiger partial charge is 0.396 e. The molecule has 1 heterocycles. The maximum absolute atomic E-state index is 9.26. The van der Waals surface area contributed by atoms with Gasteiger partial charge in [-0.1, -0.05) is 18.2 Å². The van der Waals surface area contributed by atoms with Gasteiger partial charge in [-0.2, -0.15) is 0 Å². The SMILES string of the molecule is CSc1nc(NN)cc(NC2CCCC(CO)C2)n1. The molecule has 0 spiro atoms. The number of rotatable bonds is 5. The molecule has 0 radical (unpaired) electrons. The number of anilines is 2. The lowest BCUT2D eigenvalue weighted by atomic mass is 9.86. The lowest BCUT2D eigenvalue weighted by Crippen LogP contribution is -2.29. The molecule has 1 saturated carbocycles. The molecule has 1 aliphatic rings. The van der Waals surface area contributed by atoms with Crippen molar-refractivity contribution in [1.29, 1.82) is 0 Å². The van der Waals surface area contributed by atoms with Crippen LogP contribution >= 0.6 is 11.8 Å². The predicted octanol–water partition coefficient (Wildman–Crippen LogP) is 1.45. The Morgan fingerprint density at radius 3 is 2.89 bits per heavy atom. The zero-order chi connectivity index (χ0) is 13.7. The van der Waals surface area contributed by atoms with Crippen LogP contribution in [0.4, 0.5) is 11.6 Å². The number of nitrogens with one attached hydrogen (secondary N) is 2. The highest BCUT2D eigenvalue weighted by Gasteiger charge is 2.21. The second kappa shape index (κ2) is 6.93. The van der Waals surface area contributed by atoms with Gasteiger partial charge in [0.05, 0.1) is 0 Å². The van der Waals surface area contributed by atoms with Crippen molar-refractivity contribution in [2.45, 2.75) is 36.9 Å². The van der Waals surface area contributed by atoms with E-state index in [0.29, 0.717) is 22.9 Å². The van der Waals surface area contributed by atoms with Crippen LogP contribution in [0.5, 0.6) is 0 Å². The molecular formula is C12H21N5OS. The summed E-state index contributed by atoms with van der Waals surface area (Å²) in [7, 11) is 0. The number of nitrogen functional groups attached to an aromatic ring is 1. The van der Waals surface area contributed by atoms with Crippen LogP contribution in [0, 0.1) is 5.92 Å². The monoisotopic (exact) mass is 283 g/mol. The first kappa shape index (κ1) is 14.4. The molecular weight excluding hydrogens is 262 g/mol. The number of hydrogen-bond acceptors (Lipinski definition) is 7. The van der Waals surface area contributed by atoms with Gasteiger partial charge in [0.1, 0.15) is 11.6 Å². The van der Waals surface area contributed by atoms with Crippen molar-refractivity contribution in [3.8, 4) is 0 Å². The van der Waals surface area contributed by atoms with Gasteiger partial charge >= 0.3 is 0 Å². The zero-order valence-corrected chi connectivity index (χ0v) is 11.9. The number of hydrogen-bond donors (Lipinski definition) is 4. The first-order chi connectivity index (χ1) is 9.25. The lowest BCUT2D eigenvalue weighted by Gasteiger charge is -2.29. The van der Waals surface area contributed by atoms with E-state index in [1.165, 1.54) is 11.8 Å². The molecule has 2 rings (SSSR count). The summed E-state index contributed by atoms with van der Waals surface area (Å²) in [5.74, 6) is 7.21. The molecule has 106 valence electrons. The number of thioether (sulfide) groups is 1. The fourth-order valence-electron chi connectivity index (χ4n) is 2.46. The van der Waals surface area contributed by atoms with Crippen molar-refractivity contribution in [1.82, 2.24) is 9.97 Å². The van der Waals surface area contributed by atoms with Crippen LogP contribution in [-0.4, -0.2) is 34.0 Å². The van der Waals surface area contributed by atoms with Gasteiger partial charge in [-0.25, -0.2) is 15.8 Å². The molecule has 0 bridgehead atoms. The molecule has 1 fully saturated rings. The summed E-state index contributed by atoms with van der Waals surface area (Å²) in [6, 6.07) is 2.17. The molecule has 2 atom stereocenters. The highest BCUT2D eigenvalue weighted by atomic mass is 32.2. The first-order valence-corrected chi connectivity index (χ1v) is 7.74. The van der Waals surface area contributed by atoms with Crippen LogP contribution in [0.15, 0.2) is 11.2 Å². The average Bonchev–Trinajstić information content (AvgIpc) is 2.47. The summed E-state index contributed by atoms with van der Waals surface area (Å²) in [5, 5.41) is 13.4. The molecule has 7 heteroatoms. The highest BCUT2D eigenvalue weighted by Crippen LogP contribution is 2.26. The van der Waals surface area contributed by atoms with Crippen LogP contribution in [0.3, 0.4) is 0 Å². The zero-order valence-electron chi connectivity index (χ0n) is 11.1. The summed E-state index contributed by atoms with van der Waals surface area (Å²) in [5.41, 5.74) is 2.55. The summed E-state index contributed by atoms with van der Waals surface area (Å²) in [4.78, 5) is 8.66. The Morgan fingerprint density at radius 2 is 2.21 bits per heavy atom. The Bertz CT molecular complexity index is 395. The van der Waals surface area contributed by atoms with Crippen molar-refractivity contribution in [2.24, 2.45) is 11.8 Å². The van der Waals surface area contributed by atoms with E-state index < -0.39 is 0 Å². The molecule has 0 amide bonds. The van der Waals surface area contributed by atoms with Crippen molar-refractivity contribution in [2.75, 3.05) is 23.6 Å². The molecule has 1 aromatic rings. The first-order valence-electron chi connectivity index (χ1n) is 6.52. The van der Waals surface area contributed by atoms with Crippen molar-refractivity contribution < 1.29 is 5.11 Å². The molecule has 0 aliphatic heterocycles. The average molecular weight is 283 g/mol. The Hall–Kier alpha value is -1.05. The topological polar surface area (TPSA) is 96.1 Å².